The van der Waals surface area contributed by atoms with Gasteiger partial charge in [0.15, 0.2) is 9.84 Å². The minimum Gasteiger partial charge on any atom is -0.348 e. The van der Waals surface area contributed by atoms with Crippen LogP contribution in [0.2, 0.25) is 0 Å². The van der Waals surface area contributed by atoms with Crippen LogP contribution < -0.4 is 10.6 Å². The van der Waals surface area contributed by atoms with Crippen molar-refractivity contribution in [2.24, 2.45) is 5.92 Å². The van der Waals surface area contributed by atoms with Crippen LogP contribution in [-0.4, -0.2) is 33.3 Å². The fraction of sp³-hybridized carbons (Fsp3) is 0.400. The zero-order valence-corrected chi connectivity index (χ0v) is 18.1. The quantitative estimate of drug-likeness (QED) is 0.671. The van der Waals surface area contributed by atoms with Gasteiger partial charge in [-0.25, -0.2) is 8.42 Å². The molecule has 2 N–H and O–H groups in total. The average Bonchev–Trinajstić information content (AvgIpc) is 3.15. The molecule has 2 amide bonds. The van der Waals surface area contributed by atoms with Crippen LogP contribution in [0.4, 0.5) is 0 Å². The number of thiophene rings is 1. The number of hydrogen-bond donors (Lipinski definition) is 2. The molecule has 152 valence electrons. The summed E-state index contributed by atoms with van der Waals surface area (Å²) in [5.41, 5.74) is 1.49. The summed E-state index contributed by atoms with van der Waals surface area (Å²) in [4.78, 5) is 24.8. The van der Waals surface area contributed by atoms with Crippen LogP contribution in [-0.2, 0) is 19.4 Å². The van der Waals surface area contributed by atoms with Gasteiger partial charge >= 0.3 is 11.8 Å². The second-order valence-corrected chi connectivity index (χ2v) is 10.2. The van der Waals surface area contributed by atoms with Crippen LogP contribution in [0.15, 0.2) is 40.6 Å². The van der Waals surface area contributed by atoms with E-state index in [1.54, 1.807) is 36.6 Å². The smallest absolute Gasteiger partial charge is 0.309 e. The molecule has 8 heteroatoms. The lowest BCUT2D eigenvalue weighted by Gasteiger charge is -2.19. The second-order valence-electron chi connectivity index (χ2n) is 7.13. The van der Waals surface area contributed by atoms with Gasteiger partial charge in [-0.3, -0.25) is 9.59 Å². The van der Waals surface area contributed by atoms with Gasteiger partial charge in [-0.05, 0) is 48.4 Å². The van der Waals surface area contributed by atoms with Crippen molar-refractivity contribution in [3.8, 4) is 0 Å². The predicted octanol–water partition coefficient (Wildman–Crippen LogP) is 2.77. The standard InChI is InChI=1S/C20H26N2O4S2/c1-13(2)11-21-19(23)20(24)22-12-18(16-6-5-9-27-16)28(25,26)17-10-14(3)7-8-15(17)4/h5-10,13,18H,11-12H2,1-4H3,(H,21,23)(H,22,24)/t18-/m0/s1. The third-order valence-corrected chi connectivity index (χ3v) is 7.57. The Kier molecular flexibility index (Phi) is 7.37. The van der Waals surface area contributed by atoms with Crippen LogP contribution in [0.1, 0.15) is 35.1 Å². The third kappa shape index (κ3) is 5.42. The topological polar surface area (TPSA) is 92.3 Å². The van der Waals surface area contributed by atoms with Gasteiger partial charge in [-0.1, -0.05) is 32.0 Å². The Morgan fingerprint density at radius 3 is 2.25 bits per heavy atom. The zero-order chi connectivity index (χ0) is 20.9. The monoisotopic (exact) mass is 422 g/mol. The van der Waals surface area contributed by atoms with Crippen molar-refractivity contribution in [2.45, 2.75) is 37.8 Å². The first kappa shape index (κ1) is 22.1. The number of amides is 2. The molecule has 1 aromatic heterocycles. The minimum atomic E-state index is -3.76. The van der Waals surface area contributed by atoms with E-state index in [2.05, 4.69) is 10.6 Å². The maximum absolute atomic E-state index is 13.4. The van der Waals surface area contributed by atoms with Gasteiger partial charge in [-0.15, -0.1) is 11.3 Å². The van der Waals surface area contributed by atoms with Crippen molar-refractivity contribution in [3.05, 3.63) is 51.7 Å². The number of nitrogens with one attached hydrogen (secondary N) is 2. The molecule has 0 saturated heterocycles. The molecule has 28 heavy (non-hydrogen) atoms. The lowest BCUT2D eigenvalue weighted by Crippen LogP contribution is -2.43. The van der Waals surface area contributed by atoms with E-state index in [1.807, 2.05) is 26.8 Å². The Balaban J connectivity index is 2.25. The molecule has 6 nitrogen and oxygen atoms in total. The highest BCUT2D eigenvalue weighted by molar-refractivity contribution is 7.92. The van der Waals surface area contributed by atoms with E-state index >= 15 is 0 Å². The molecular formula is C20H26N2O4S2. The maximum atomic E-state index is 13.4. The molecule has 1 atom stereocenters. The van der Waals surface area contributed by atoms with E-state index in [0.29, 0.717) is 17.0 Å². The Labute approximate surface area is 170 Å². The molecule has 0 unspecified atom stereocenters. The van der Waals surface area contributed by atoms with Crippen molar-refractivity contribution in [1.82, 2.24) is 10.6 Å². The van der Waals surface area contributed by atoms with Crippen molar-refractivity contribution < 1.29 is 18.0 Å². The van der Waals surface area contributed by atoms with Crippen molar-refractivity contribution in [1.29, 1.82) is 0 Å². The first-order valence-corrected chi connectivity index (χ1v) is 11.5. The molecule has 0 bridgehead atoms. The van der Waals surface area contributed by atoms with Gasteiger partial charge in [-0.2, -0.15) is 0 Å². The maximum Gasteiger partial charge on any atom is 0.309 e. The summed E-state index contributed by atoms with van der Waals surface area (Å²) >= 11 is 1.31. The number of sulfone groups is 1. The Morgan fingerprint density at radius 1 is 1.04 bits per heavy atom. The molecule has 1 aromatic carbocycles. The molecule has 0 radical (unpaired) electrons. The molecule has 0 aliphatic rings. The number of benzene rings is 1. The van der Waals surface area contributed by atoms with Crippen molar-refractivity contribution >= 4 is 33.0 Å². The lowest BCUT2D eigenvalue weighted by molar-refractivity contribution is -0.139. The highest BCUT2D eigenvalue weighted by Crippen LogP contribution is 2.33. The molecule has 0 fully saturated rings. The third-order valence-electron chi connectivity index (χ3n) is 4.21. The number of rotatable bonds is 7. The molecule has 2 rings (SSSR count). The van der Waals surface area contributed by atoms with Crippen LogP contribution in [0.3, 0.4) is 0 Å². The van der Waals surface area contributed by atoms with E-state index in [9.17, 15) is 18.0 Å². The van der Waals surface area contributed by atoms with Gasteiger partial charge in [0.2, 0.25) is 0 Å². The molecule has 0 saturated carbocycles. The minimum absolute atomic E-state index is 0.176. The van der Waals surface area contributed by atoms with Gasteiger partial charge in [0.25, 0.3) is 0 Å². The number of hydrogen-bond acceptors (Lipinski definition) is 5. The largest absolute Gasteiger partial charge is 0.348 e. The van der Waals surface area contributed by atoms with Crippen LogP contribution in [0.25, 0.3) is 0 Å². The second kappa shape index (κ2) is 9.34. The number of aryl methyl sites for hydroxylation is 2. The van der Waals surface area contributed by atoms with Crippen LogP contribution in [0, 0.1) is 19.8 Å². The SMILES string of the molecule is Cc1ccc(C)c(S(=O)(=O)[C@@H](CNC(=O)C(=O)NCC(C)C)c2cccs2)c1. The molecule has 0 aliphatic carbocycles. The fourth-order valence-electron chi connectivity index (χ4n) is 2.65. The molecule has 1 heterocycles. The fourth-order valence-corrected chi connectivity index (χ4v) is 5.76. The predicted molar refractivity (Wildman–Crippen MR) is 111 cm³/mol. The highest BCUT2D eigenvalue weighted by atomic mass is 32.2. The number of carbonyl (C=O) groups excluding carboxylic acids is 2. The summed E-state index contributed by atoms with van der Waals surface area (Å²) in [6, 6.07) is 8.76. The van der Waals surface area contributed by atoms with Gasteiger partial charge < -0.3 is 10.6 Å². The van der Waals surface area contributed by atoms with E-state index in [4.69, 9.17) is 0 Å². The lowest BCUT2D eigenvalue weighted by atomic mass is 10.2. The van der Waals surface area contributed by atoms with Gasteiger partial charge in [0.1, 0.15) is 5.25 Å². The van der Waals surface area contributed by atoms with Crippen molar-refractivity contribution in [2.75, 3.05) is 13.1 Å². The molecular weight excluding hydrogens is 396 g/mol. The van der Waals surface area contributed by atoms with Gasteiger partial charge in [0.05, 0.1) is 4.90 Å². The first-order chi connectivity index (χ1) is 13.1. The Hall–Kier alpha value is -2.19. The van der Waals surface area contributed by atoms with Crippen molar-refractivity contribution in [3.63, 3.8) is 0 Å². The molecule has 2 aromatic rings. The first-order valence-electron chi connectivity index (χ1n) is 9.03. The van der Waals surface area contributed by atoms with Crippen LogP contribution in [0.5, 0.6) is 0 Å². The summed E-state index contributed by atoms with van der Waals surface area (Å²) in [5.74, 6) is -1.39. The van der Waals surface area contributed by atoms with E-state index in [0.717, 1.165) is 5.56 Å². The summed E-state index contributed by atoms with van der Waals surface area (Å²) < 4.78 is 26.7. The Bertz CT molecular complexity index is 935. The average molecular weight is 423 g/mol. The van der Waals surface area contributed by atoms with Crippen LogP contribution >= 0.6 is 11.3 Å². The molecule has 0 aliphatic heterocycles. The van der Waals surface area contributed by atoms with E-state index < -0.39 is 26.9 Å². The summed E-state index contributed by atoms with van der Waals surface area (Å²) in [7, 11) is -3.76. The summed E-state index contributed by atoms with van der Waals surface area (Å²) in [6.07, 6.45) is 0. The molecule has 0 spiro atoms. The summed E-state index contributed by atoms with van der Waals surface area (Å²) in [6.45, 7) is 7.62. The summed E-state index contributed by atoms with van der Waals surface area (Å²) in [5, 5.41) is 5.84. The van der Waals surface area contributed by atoms with Gasteiger partial charge in [0, 0.05) is 18.0 Å². The zero-order valence-electron chi connectivity index (χ0n) is 16.5. The van der Waals surface area contributed by atoms with E-state index in [-0.39, 0.29) is 17.4 Å². The normalized spacial score (nSPS) is 12.6. The Morgan fingerprint density at radius 2 is 1.68 bits per heavy atom. The van der Waals surface area contributed by atoms with E-state index in [1.165, 1.54) is 11.3 Å². The number of carbonyl (C=O) groups is 2. The highest BCUT2D eigenvalue weighted by Gasteiger charge is 2.32.